The van der Waals surface area contributed by atoms with Crippen molar-refractivity contribution in [3.05, 3.63) is 64.7 Å². The van der Waals surface area contributed by atoms with E-state index in [4.69, 9.17) is 0 Å². The average Bonchev–Trinajstić information content (AvgIpc) is 2.68. The quantitative estimate of drug-likeness (QED) is 0.677. The van der Waals surface area contributed by atoms with E-state index in [-0.39, 0.29) is 12.5 Å². The molecule has 0 heterocycles. The maximum Gasteiger partial charge on any atom is 0.244 e. The molecule has 0 saturated heterocycles. The lowest BCUT2D eigenvalue weighted by Gasteiger charge is -2.31. The Kier molecular flexibility index (Phi) is 7.84. The van der Waals surface area contributed by atoms with E-state index in [0.717, 1.165) is 32.8 Å². The van der Waals surface area contributed by atoms with Gasteiger partial charge in [-0.1, -0.05) is 47.5 Å². The predicted octanol–water partition coefficient (Wildman–Crippen LogP) is 2.54. The highest BCUT2D eigenvalue weighted by Gasteiger charge is 2.30. The van der Waals surface area contributed by atoms with Crippen molar-refractivity contribution in [3.63, 3.8) is 0 Å². The number of carbonyl (C=O) groups is 2. The van der Waals surface area contributed by atoms with Crippen molar-refractivity contribution in [1.29, 1.82) is 0 Å². The van der Waals surface area contributed by atoms with Crippen molar-refractivity contribution < 1.29 is 18.0 Å². The van der Waals surface area contributed by atoms with Crippen LogP contribution in [0.1, 0.15) is 29.2 Å². The molecule has 0 saturated carbocycles. The molecule has 1 N–H and O–H groups in total. The van der Waals surface area contributed by atoms with Crippen LogP contribution in [0.25, 0.3) is 0 Å². The minimum Gasteiger partial charge on any atom is -0.357 e. The van der Waals surface area contributed by atoms with Crippen LogP contribution in [0.4, 0.5) is 5.69 Å². The Morgan fingerprint density at radius 2 is 1.68 bits per heavy atom. The molecule has 1 unspecified atom stereocenters. The third-order valence-electron chi connectivity index (χ3n) is 5.15. The lowest BCUT2D eigenvalue weighted by molar-refractivity contribution is -0.139. The van der Waals surface area contributed by atoms with Gasteiger partial charge in [0.1, 0.15) is 12.6 Å². The fourth-order valence-corrected chi connectivity index (χ4v) is 4.39. The summed E-state index contributed by atoms with van der Waals surface area (Å²) in [5, 5.41) is 2.56. The van der Waals surface area contributed by atoms with Crippen molar-refractivity contribution >= 4 is 27.5 Å². The molecule has 0 aliphatic carbocycles. The first kappa shape index (κ1) is 24.4. The number of likely N-dealkylation sites (N-methyl/N-ethyl adjacent to an activating group) is 1. The standard InChI is InChI=1S/C23H31N3O4S/c1-16-8-7-9-20(13-16)14-25(19(4)23(28)24-5)22(27)15-26(31(6,29)30)21-11-10-17(2)12-18(21)3/h7-13,19H,14-15H2,1-6H3,(H,24,28). The van der Waals surface area contributed by atoms with Crippen LogP contribution in [-0.2, 0) is 26.2 Å². The monoisotopic (exact) mass is 445 g/mol. The highest BCUT2D eigenvalue weighted by molar-refractivity contribution is 7.92. The number of nitrogens with zero attached hydrogens (tertiary/aromatic N) is 2. The molecule has 7 nitrogen and oxygen atoms in total. The first-order chi connectivity index (χ1) is 14.4. The Bertz CT molecular complexity index is 1070. The van der Waals surface area contributed by atoms with E-state index in [1.165, 1.54) is 11.9 Å². The van der Waals surface area contributed by atoms with E-state index in [9.17, 15) is 18.0 Å². The summed E-state index contributed by atoms with van der Waals surface area (Å²) in [6, 6.07) is 12.3. The Balaban J connectivity index is 2.42. The summed E-state index contributed by atoms with van der Waals surface area (Å²) in [6.07, 6.45) is 1.08. The molecule has 0 radical (unpaired) electrons. The van der Waals surface area contributed by atoms with Gasteiger partial charge >= 0.3 is 0 Å². The molecule has 0 bridgehead atoms. The van der Waals surface area contributed by atoms with Crippen molar-refractivity contribution in [1.82, 2.24) is 10.2 Å². The Hall–Kier alpha value is -2.87. The second-order valence-corrected chi connectivity index (χ2v) is 9.77. The van der Waals surface area contributed by atoms with E-state index >= 15 is 0 Å². The number of sulfonamides is 1. The van der Waals surface area contributed by atoms with Crippen LogP contribution in [0.3, 0.4) is 0 Å². The van der Waals surface area contributed by atoms with Gasteiger partial charge < -0.3 is 10.2 Å². The fraction of sp³-hybridized carbons (Fsp3) is 0.391. The van der Waals surface area contributed by atoms with Gasteiger partial charge in [-0.25, -0.2) is 8.42 Å². The third kappa shape index (κ3) is 6.30. The normalized spacial score (nSPS) is 12.2. The molecule has 8 heteroatoms. The van der Waals surface area contributed by atoms with Gasteiger partial charge in [0.15, 0.2) is 0 Å². The van der Waals surface area contributed by atoms with Crippen LogP contribution in [-0.4, -0.2) is 51.0 Å². The number of amides is 2. The lowest BCUT2D eigenvalue weighted by Crippen LogP contribution is -2.50. The molecule has 168 valence electrons. The summed E-state index contributed by atoms with van der Waals surface area (Å²) in [5.74, 6) is -0.776. The van der Waals surface area contributed by atoms with Gasteiger partial charge in [-0.3, -0.25) is 13.9 Å². The Labute approximate surface area is 185 Å². The molecule has 2 aromatic rings. The van der Waals surface area contributed by atoms with E-state index < -0.39 is 28.5 Å². The second kappa shape index (κ2) is 9.96. The average molecular weight is 446 g/mol. The molecule has 1 atom stereocenters. The minimum atomic E-state index is -3.73. The summed E-state index contributed by atoms with van der Waals surface area (Å²) < 4.78 is 26.2. The van der Waals surface area contributed by atoms with Crippen LogP contribution in [0.2, 0.25) is 0 Å². The topological polar surface area (TPSA) is 86.8 Å². The molecule has 2 amide bonds. The van der Waals surface area contributed by atoms with Crippen LogP contribution >= 0.6 is 0 Å². The summed E-state index contributed by atoms with van der Waals surface area (Å²) in [5.41, 5.74) is 4.09. The minimum absolute atomic E-state index is 0.194. The molecule has 0 aliphatic heterocycles. The highest BCUT2D eigenvalue weighted by Crippen LogP contribution is 2.24. The molecule has 31 heavy (non-hydrogen) atoms. The Morgan fingerprint density at radius 3 is 2.23 bits per heavy atom. The molecular formula is C23H31N3O4S. The molecule has 0 fully saturated rings. The largest absolute Gasteiger partial charge is 0.357 e. The van der Waals surface area contributed by atoms with Crippen LogP contribution in [0.15, 0.2) is 42.5 Å². The zero-order chi connectivity index (χ0) is 23.3. The number of anilines is 1. The van der Waals surface area contributed by atoms with Gasteiger partial charge in [-0.2, -0.15) is 0 Å². The molecule has 2 rings (SSSR count). The number of rotatable bonds is 8. The molecule has 0 aliphatic rings. The van der Waals surface area contributed by atoms with Crippen molar-refractivity contribution in [2.24, 2.45) is 0 Å². The SMILES string of the molecule is CNC(=O)C(C)N(Cc1cccc(C)c1)C(=O)CN(c1ccc(C)cc1C)S(C)(=O)=O. The summed E-state index contributed by atoms with van der Waals surface area (Å²) in [6.45, 7) is 7.11. The number of hydrogen-bond acceptors (Lipinski definition) is 4. The second-order valence-electron chi connectivity index (χ2n) is 7.86. The predicted molar refractivity (Wildman–Crippen MR) is 123 cm³/mol. The summed E-state index contributed by atoms with van der Waals surface area (Å²) in [7, 11) is -2.22. The molecule has 0 aromatic heterocycles. The van der Waals surface area contributed by atoms with Crippen molar-refractivity contribution in [2.45, 2.75) is 40.3 Å². The van der Waals surface area contributed by atoms with E-state index in [1.807, 2.05) is 57.2 Å². The van der Waals surface area contributed by atoms with Crippen molar-refractivity contribution in [2.75, 3.05) is 24.2 Å². The van der Waals surface area contributed by atoms with Gasteiger partial charge in [0.2, 0.25) is 21.8 Å². The molecule has 2 aromatic carbocycles. The molecular weight excluding hydrogens is 414 g/mol. The fourth-order valence-electron chi connectivity index (χ4n) is 3.48. The van der Waals surface area contributed by atoms with Gasteiger partial charge in [-0.05, 0) is 44.9 Å². The zero-order valence-electron chi connectivity index (χ0n) is 19.0. The van der Waals surface area contributed by atoms with Crippen molar-refractivity contribution in [3.8, 4) is 0 Å². The van der Waals surface area contributed by atoms with E-state index in [1.54, 1.807) is 13.0 Å². The summed E-state index contributed by atoms with van der Waals surface area (Å²) in [4.78, 5) is 27.1. The van der Waals surface area contributed by atoms with E-state index in [0.29, 0.717) is 5.69 Å². The van der Waals surface area contributed by atoms with Crippen LogP contribution in [0.5, 0.6) is 0 Å². The number of nitrogens with one attached hydrogen (secondary N) is 1. The first-order valence-corrected chi connectivity index (χ1v) is 11.9. The Morgan fingerprint density at radius 1 is 1.03 bits per heavy atom. The number of carbonyl (C=O) groups excluding carboxylic acids is 2. The van der Waals surface area contributed by atoms with Crippen LogP contribution < -0.4 is 9.62 Å². The maximum absolute atomic E-state index is 13.3. The molecule has 0 spiro atoms. The number of aryl methyl sites for hydroxylation is 3. The third-order valence-corrected chi connectivity index (χ3v) is 6.28. The first-order valence-electron chi connectivity index (χ1n) is 10.1. The van der Waals surface area contributed by atoms with Crippen LogP contribution in [0, 0.1) is 20.8 Å². The van der Waals surface area contributed by atoms with Gasteiger partial charge in [0, 0.05) is 13.6 Å². The van der Waals surface area contributed by atoms with Gasteiger partial charge in [0.05, 0.1) is 11.9 Å². The number of benzene rings is 2. The smallest absolute Gasteiger partial charge is 0.244 e. The zero-order valence-corrected chi connectivity index (χ0v) is 19.8. The maximum atomic E-state index is 13.3. The van der Waals surface area contributed by atoms with Gasteiger partial charge in [-0.15, -0.1) is 0 Å². The highest BCUT2D eigenvalue weighted by atomic mass is 32.2. The van der Waals surface area contributed by atoms with E-state index in [2.05, 4.69) is 5.32 Å². The lowest BCUT2D eigenvalue weighted by atomic mass is 10.1. The van der Waals surface area contributed by atoms with Gasteiger partial charge in [0.25, 0.3) is 0 Å². The summed E-state index contributed by atoms with van der Waals surface area (Å²) >= 11 is 0. The number of hydrogen-bond donors (Lipinski definition) is 1.